The molecule has 0 unspecified atom stereocenters. The lowest BCUT2D eigenvalue weighted by molar-refractivity contribution is -0.115. The molecule has 5 nitrogen and oxygen atoms in total. The summed E-state index contributed by atoms with van der Waals surface area (Å²) in [4.78, 5) is 29.9. The highest BCUT2D eigenvalue weighted by Gasteiger charge is 2.36. The second-order valence-corrected chi connectivity index (χ2v) is 8.25. The Morgan fingerprint density at radius 3 is 2.75 bits per heavy atom. The molecule has 1 saturated heterocycles. The average molecular weight is 347 g/mol. The molecule has 3 atom stereocenters. The molecule has 2 aliphatic rings. The number of amides is 2. The zero-order valence-corrected chi connectivity index (χ0v) is 15.5. The quantitative estimate of drug-likeness (QED) is 0.913. The highest BCUT2D eigenvalue weighted by atomic mass is 32.2. The maximum atomic E-state index is 12.9. The molecule has 0 saturated carbocycles. The van der Waals surface area contributed by atoms with E-state index in [0.29, 0.717) is 17.5 Å². The van der Waals surface area contributed by atoms with Crippen molar-refractivity contribution >= 4 is 29.3 Å². The lowest BCUT2D eigenvalue weighted by Gasteiger charge is -2.24. The smallest absolute Gasteiger partial charge is 0.253 e. The van der Waals surface area contributed by atoms with E-state index in [-0.39, 0.29) is 17.1 Å². The molecular weight excluding hydrogens is 322 g/mol. The van der Waals surface area contributed by atoms with Crippen molar-refractivity contribution in [2.75, 3.05) is 32.5 Å². The highest BCUT2D eigenvalue weighted by Crippen LogP contribution is 2.36. The van der Waals surface area contributed by atoms with Crippen LogP contribution in [0.4, 0.5) is 5.69 Å². The third kappa shape index (κ3) is 3.17. The minimum Gasteiger partial charge on any atom is -0.337 e. The molecule has 0 spiro atoms. The fraction of sp³-hybridized carbons (Fsp3) is 0.556. The Kier molecular flexibility index (Phi) is 4.88. The molecule has 1 N–H and O–H groups in total. The van der Waals surface area contributed by atoms with Gasteiger partial charge in [-0.3, -0.25) is 9.59 Å². The number of carbonyl (C=O) groups is 2. The lowest BCUT2D eigenvalue weighted by Crippen LogP contribution is -2.36. The number of nitrogens with zero attached hydrogens (tertiary/aromatic N) is 2. The molecule has 0 radical (unpaired) electrons. The summed E-state index contributed by atoms with van der Waals surface area (Å²) in [7, 11) is 4.16. The largest absolute Gasteiger partial charge is 0.337 e. The van der Waals surface area contributed by atoms with Crippen molar-refractivity contribution in [2.24, 2.45) is 5.92 Å². The Labute approximate surface area is 147 Å². The van der Waals surface area contributed by atoms with Crippen LogP contribution in [-0.2, 0) is 4.79 Å². The first-order valence-corrected chi connectivity index (χ1v) is 9.36. The van der Waals surface area contributed by atoms with Crippen LogP contribution in [0.25, 0.3) is 0 Å². The number of likely N-dealkylation sites (N-methyl/N-ethyl adjacent to an activating group) is 1. The summed E-state index contributed by atoms with van der Waals surface area (Å²) in [6.07, 6.45) is 1.07. The van der Waals surface area contributed by atoms with Gasteiger partial charge in [0.25, 0.3) is 5.91 Å². The van der Waals surface area contributed by atoms with Crippen molar-refractivity contribution in [1.82, 2.24) is 9.80 Å². The number of nitrogens with one attached hydrogen (secondary N) is 1. The van der Waals surface area contributed by atoms with Crippen molar-refractivity contribution in [3.63, 3.8) is 0 Å². The fourth-order valence-electron chi connectivity index (χ4n) is 3.53. The van der Waals surface area contributed by atoms with Crippen LogP contribution in [0.3, 0.4) is 0 Å². The first-order valence-electron chi connectivity index (χ1n) is 8.48. The topological polar surface area (TPSA) is 52.7 Å². The molecule has 0 bridgehead atoms. The van der Waals surface area contributed by atoms with Gasteiger partial charge >= 0.3 is 0 Å². The molecule has 1 aromatic carbocycles. The van der Waals surface area contributed by atoms with Crippen LogP contribution >= 0.6 is 11.8 Å². The number of likely N-dealkylation sites (tertiary alicyclic amines) is 1. The number of hydrogen-bond donors (Lipinski definition) is 1. The van der Waals surface area contributed by atoms with Gasteiger partial charge in [0.15, 0.2) is 0 Å². The predicted molar refractivity (Wildman–Crippen MR) is 97.6 cm³/mol. The number of fused-ring (bicyclic) bond motifs is 1. The molecule has 2 heterocycles. The summed E-state index contributed by atoms with van der Waals surface area (Å²) in [5.74, 6) is 0.563. The second kappa shape index (κ2) is 6.76. The minimum absolute atomic E-state index is 0.00279. The van der Waals surface area contributed by atoms with Gasteiger partial charge in [-0.1, -0.05) is 13.3 Å². The zero-order valence-electron chi connectivity index (χ0n) is 14.7. The maximum Gasteiger partial charge on any atom is 0.253 e. The number of carbonyl (C=O) groups excluding carboxylic acids is 2. The van der Waals surface area contributed by atoms with Crippen molar-refractivity contribution in [3.8, 4) is 0 Å². The van der Waals surface area contributed by atoms with Crippen LogP contribution < -0.4 is 5.32 Å². The molecule has 2 amide bonds. The van der Waals surface area contributed by atoms with E-state index in [1.165, 1.54) is 11.8 Å². The SMILES string of the molecule is CC[C@@H]1CN(C(=O)c2ccc3c(c2)NC(=O)[C@H](C)S3)C[C@@H]1N(C)C. The van der Waals surface area contributed by atoms with E-state index in [4.69, 9.17) is 0 Å². The van der Waals surface area contributed by atoms with Gasteiger partial charge in [-0.05, 0) is 45.1 Å². The third-order valence-electron chi connectivity index (χ3n) is 5.04. The first-order chi connectivity index (χ1) is 11.4. The van der Waals surface area contributed by atoms with Crippen LogP contribution in [0.5, 0.6) is 0 Å². The Morgan fingerprint density at radius 1 is 1.38 bits per heavy atom. The minimum atomic E-state index is -0.0937. The van der Waals surface area contributed by atoms with E-state index < -0.39 is 0 Å². The highest BCUT2D eigenvalue weighted by molar-refractivity contribution is 8.00. The predicted octanol–water partition coefficient (Wildman–Crippen LogP) is 2.53. The van der Waals surface area contributed by atoms with Gasteiger partial charge in [0.2, 0.25) is 5.91 Å². The van der Waals surface area contributed by atoms with Crippen LogP contribution in [0.15, 0.2) is 23.1 Å². The van der Waals surface area contributed by atoms with E-state index in [1.54, 1.807) is 0 Å². The van der Waals surface area contributed by atoms with E-state index in [0.717, 1.165) is 30.1 Å². The summed E-state index contributed by atoms with van der Waals surface area (Å²) < 4.78 is 0. The summed E-state index contributed by atoms with van der Waals surface area (Å²) in [5, 5.41) is 2.81. The summed E-state index contributed by atoms with van der Waals surface area (Å²) in [5.41, 5.74) is 1.41. The van der Waals surface area contributed by atoms with Crippen molar-refractivity contribution < 1.29 is 9.59 Å². The van der Waals surface area contributed by atoms with Gasteiger partial charge in [-0.25, -0.2) is 0 Å². The normalized spacial score (nSPS) is 26.5. The third-order valence-corrected chi connectivity index (χ3v) is 6.22. The number of anilines is 1. The molecule has 130 valence electrons. The Bertz CT molecular complexity index is 662. The van der Waals surface area contributed by atoms with Gasteiger partial charge in [0.05, 0.1) is 10.9 Å². The van der Waals surface area contributed by atoms with Gasteiger partial charge in [-0.15, -0.1) is 11.8 Å². The zero-order chi connectivity index (χ0) is 17.4. The maximum absolute atomic E-state index is 12.9. The van der Waals surface area contributed by atoms with Crippen molar-refractivity contribution in [3.05, 3.63) is 23.8 Å². The molecular formula is C18H25N3O2S. The van der Waals surface area contributed by atoms with Crippen molar-refractivity contribution in [1.29, 1.82) is 0 Å². The van der Waals surface area contributed by atoms with Crippen LogP contribution in [0.2, 0.25) is 0 Å². The van der Waals surface area contributed by atoms with E-state index in [1.807, 2.05) is 30.0 Å². The van der Waals surface area contributed by atoms with Crippen LogP contribution in [-0.4, -0.2) is 60.1 Å². The summed E-state index contributed by atoms with van der Waals surface area (Å²) >= 11 is 1.54. The number of hydrogen-bond acceptors (Lipinski definition) is 4. The van der Waals surface area contributed by atoms with Crippen LogP contribution in [0, 0.1) is 5.92 Å². The molecule has 6 heteroatoms. The van der Waals surface area contributed by atoms with E-state index >= 15 is 0 Å². The Morgan fingerprint density at radius 2 is 2.12 bits per heavy atom. The molecule has 2 aliphatic heterocycles. The van der Waals surface area contributed by atoms with Gasteiger partial charge in [-0.2, -0.15) is 0 Å². The molecule has 1 fully saturated rings. The molecule has 24 heavy (non-hydrogen) atoms. The standard InChI is InChI=1S/C18H25N3O2S/c1-5-12-9-21(10-15(12)20(3)4)18(23)13-6-7-16-14(8-13)19-17(22)11(2)24-16/h6-8,11-12,15H,5,9-10H2,1-4H3,(H,19,22)/t11-,12+,15-/m0/s1. The lowest BCUT2D eigenvalue weighted by atomic mass is 10.0. The monoisotopic (exact) mass is 347 g/mol. The molecule has 0 aliphatic carbocycles. The number of thioether (sulfide) groups is 1. The number of rotatable bonds is 3. The summed E-state index contributed by atoms with van der Waals surface area (Å²) in [6.45, 7) is 5.63. The Hall–Kier alpha value is -1.53. The van der Waals surface area contributed by atoms with Crippen LogP contribution in [0.1, 0.15) is 30.6 Å². The summed E-state index contributed by atoms with van der Waals surface area (Å²) in [6, 6.07) is 6.05. The number of benzene rings is 1. The molecule has 3 rings (SSSR count). The molecule has 0 aromatic heterocycles. The van der Waals surface area contributed by atoms with Gasteiger partial charge in [0.1, 0.15) is 0 Å². The second-order valence-electron chi connectivity index (χ2n) is 6.87. The molecule has 1 aromatic rings. The van der Waals surface area contributed by atoms with E-state index in [9.17, 15) is 9.59 Å². The average Bonchev–Trinajstić information content (AvgIpc) is 2.99. The fourth-order valence-corrected chi connectivity index (χ4v) is 4.46. The van der Waals surface area contributed by atoms with Gasteiger partial charge < -0.3 is 15.1 Å². The Balaban J connectivity index is 1.79. The first kappa shape index (κ1) is 17.3. The van der Waals surface area contributed by atoms with Gasteiger partial charge in [0, 0.05) is 29.6 Å². The van der Waals surface area contributed by atoms with Crippen molar-refractivity contribution in [2.45, 2.75) is 36.5 Å². The van der Waals surface area contributed by atoms with E-state index in [2.05, 4.69) is 31.2 Å².